The van der Waals surface area contributed by atoms with Crippen molar-refractivity contribution in [3.05, 3.63) is 34.9 Å². The van der Waals surface area contributed by atoms with Gasteiger partial charge >= 0.3 is 18.3 Å². The van der Waals surface area contributed by atoms with Crippen LogP contribution < -0.4 is 0 Å². The van der Waals surface area contributed by atoms with Crippen molar-refractivity contribution in [1.82, 2.24) is 0 Å². The Morgan fingerprint density at radius 2 is 1.54 bits per heavy atom. The van der Waals surface area contributed by atoms with Gasteiger partial charge in [-0.2, -0.15) is 26.3 Å². The van der Waals surface area contributed by atoms with Crippen molar-refractivity contribution in [2.45, 2.75) is 38.0 Å². The van der Waals surface area contributed by atoms with Crippen molar-refractivity contribution in [3.8, 4) is 0 Å². The van der Waals surface area contributed by atoms with E-state index in [9.17, 15) is 35.9 Å². The molecule has 0 N–H and O–H groups in total. The summed E-state index contributed by atoms with van der Waals surface area (Å²) in [6.07, 6.45) is -9.99. The number of benzene rings is 1. The number of ketones is 1. The average molecular weight is 356 g/mol. The van der Waals surface area contributed by atoms with E-state index in [2.05, 4.69) is 4.74 Å². The molecule has 0 aliphatic rings. The van der Waals surface area contributed by atoms with E-state index in [1.54, 1.807) is 0 Å². The molecular weight excluding hydrogens is 342 g/mol. The second-order valence-electron chi connectivity index (χ2n) is 4.96. The van der Waals surface area contributed by atoms with Crippen LogP contribution in [0.4, 0.5) is 26.3 Å². The fourth-order valence-electron chi connectivity index (χ4n) is 1.99. The molecule has 134 valence electrons. The topological polar surface area (TPSA) is 43.4 Å². The van der Waals surface area contributed by atoms with Gasteiger partial charge < -0.3 is 4.74 Å². The molecule has 0 saturated heterocycles. The molecule has 0 amide bonds. The second kappa shape index (κ2) is 7.67. The van der Waals surface area contributed by atoms with Crippen molar-refractivity contribution in [2.24, 2.45) is 0 Å². The maximum Gasteiger partial charge on any atom is 0.417 e. The number of hydrogen-bond acceptors (Lipinski definition) is 3. The van der Waals surface area contributed by atoms with Crippen molar-refractivity contribution >= 4 is 11.8 Å². The summed E-state index contributed by atoms with van der Waals surface area (Å²) in [7, 11) is 1.16. The molecule has 1 rings (SSSR count). The van der Waals surface area contributed by atoms with Gasteiger partial charge in [-0.25, -0.2) is 0 Å². The van der Waals surface area contributed by atoms with Gasteiger partial charge in [0, 0.05) is 18.4 Å². The normalized spacial score (nSPS) is 12.1. The maximum absolute atomic E-state index is 12.9. The Kier molecular flexibility index (Phi) is 6.39. The summed E-state index contributed by atoms with van der Waals surface area (Å²) in [6.45, 7) is 0. The largest absolute Gasteiger partial charge is 0.469 e. The minimum absolute atomic E-state index is 0.0293. The Labute approximate surface area is 133 Å². The lowest BCUT2D eigenvalue weighted by atomic mass is 9.96. The third-order valence-electron chi connectivity index (χ3n) is 3.22. The van der Waals surface area contributed by atoms with Crippen LogP contribution in [0.5, 0.6) is 0 Å². The molecule has 0 saturated carbocycles. The van der Waals surface area contributed by atoms with Gasteiger partial charge in [-0.3, -0.25) is 9.59 Å². The minimum atomic E-state index is -4.94. The summed E-state index contributed by atoms with van der Waals surface area (Å²) in [4.78, 5) is 22.8. The fraction of sp³-hybridized carbons (Fsp3) is 0.467. The Morgan fingerprint density at radius 3 is 2.04 bits per heavy atom. The monoisotopic (exact) mass is 356 g/mol. The first kappa shape index (κ1) is 20.0. The Morgan fingerprint density at radius 1 is 0.958 bits per heavy atom. The summed E-state index contributed by atoms with van der Waals surface area (Å²) in [5.74, 6) is -1.60. The van der Waals surface area contributed by atoms with E-state index >= 15 is 0 Å². The first-order valence-electron chi connectivity index (χ1n) is 6.85. The van der Waals surface area contributed by atoms with Crippen LogP contribution in [0.2, 0.25) is 0 Å². The number of halogens is 6. The molecule has 0 spiro atoms. The van der Waals surface area contributed by atoms with Crippen LogP contribution in [-0.2, 0) is 21.9 Å². The SMILES string of the molecule is COC(=O)CCCCC(=O)c1cc(C(F)(F)F)ccc1C(F)(F)F. The molecule has 1 aromatic carbocycles. The van der Waals surface area contributed by atoms with Crippen LogP contribution in [0.15, 0.2) is 18.2 Å². The highest BCUT2D eigenvalue weighted by Crippen LogP contribution is 2.37. The summed E-state index contributed by atoms with van der Waals surface area (Å²) in [5, 5.41) is 0. The number of rotatable bonds is 6. The highest BCUT2D eigenvalue weighted by Gasteiger charge is 2.38. The van der Waals surface area contributed by atoms with Gasteiger partial charge in [0.25, 0.3) is 0 Å². The van der Waals surface area contributed by atoms with Crippen molar-refractivity contribution < 1.29 is 40.7 Å². The summed E-state index contributed by atoms with van der Waals surface area (Å²) in [6, 6.07) is 0.757. The van der Waals surface area contributed by atoms with Crippen molar-refractivity contribution in [3.63, 3.8) is 0 Å². The molecule has 0 aromatic heterocycles. The standard InChI is InChI=1S/C15H14F6O3/c1-24-13(23)5-3-2-4-12(22)10-8-9(14(16,17)18)6-7-11(10)15(19,20)21/h6-8H,2-5H2,1H3. The molecule has 0 radical (unpaired) electrons. The smallest absolute Gasteiger partial charge is 0.417 e. The van der Waals surface area contributed by atoms with Crippen LogP contribution in [0.3, 0.4) is 0 Å². The van der Waals surface area contributed by atoms with Crippen LogP contribution in [0, 0.1) is 0 Å². The Bertz CT molecular complexity index is 604. The quantitative estimate of drug-likeness (QED) is 0.323. The van der Waals surface area contributed by atoms with E-state index < -0.39 is 47.2 Å². The lowest BCUT2D eigenvalue weighted by Crippen LogP contribution is -2.16. The highest BCUT2D eigenvalue weighted by atomic mass is 19.4. The first-order valence-corrected chi connectivity index (χ1v) is 6.85. The number of hydrogen-bond donors (Lipinski definition) is 0. The fourth-order valence-corrected chi connectivity index (χ4v) is 1.99. The molecule has 3 nitrogen and oxygen atoms in total. The number of unbranched alkanes of at least 4 members (excludes halogenated alkanes) is 1. The molecule has 0 fully saturated rings. The van der Waals surface area contributed by atoms with Gasteiger partial charge in [-0.15, -0.1) is 0 Å². The molecular formula is C15H14F6O3. The van der Waals surface area contributed by atoms with Gasteiger partial charge in [0.05, 0.1) is 18.2 Å². The molecule has 0 aliphatic heterocycles. The van der Waals surface area contributed by atoms with Crippen molar-refractivity contribution in [2.75, 3.05) is 7.11 Å². The number of methoxy groups -OCH3 is 1. The minimum Gasteiger partial charge on any atom is -0.469 e. The lowest BCUT2D eigenvalue weighted by molar-refractivity contribution is -0.141. The van der Waals surface area contributed by atoms with E-state index in [0.29, 0.717) is 0 Å². The van der Waals surface area contributed by atoms with Crippen LogP contribution in [-0.4, -0.2) is 18.9 Å². The van der Waals surface area contributed by atoms with Gasteiger partial charge in [-0.05, 0) is 31.0 Å². The maximum atomic E-state index is 12.9. The molecule has 24 heavy (non-hydrogen) atoms. The number of alkyl halides is 6. The molecule has 0 atom stereocenters. The number of esters is 1. The van der Waals surface area contributed by atoms with E-state index in [1.165, 1.54) is 0 Å². The number of ether oxygens (including phenoxy) is 1. The van der Waals surface area contributed by atoms with Gasteiger partial charge in [0.2, 0.25) is 0 Å². The lowest BCUT2D eigenvalue weighted by Gasteiger charge is -2.15. The zero-order valence-corrected chi connectivity index (χ0v) is 12.6. The zero-order valence-electron chi connectivity index (χ0n) is 12.6. The Balaban J connectivity index is 2.97. The second-order valence-corrected chi connectivity index (χ2v) is 4.96. The van der Waals surface area contributed by atoms with Gasteiger partial charge in [0.1, 0.15) is 0 Å². The summed E-state index contributed by atoms with van der Waals surface area (Å²) < 4.78 is 81.0. The summed E-state index contributed by atoms with van der Waals surface area (Å²) in [5.41, 5.74) is -3.75. The molecule has 0 heterocycles. The van der Waals surface area contributed by atoms with Crippen molar-refractivity contribution in [1.29, 1.82) is 0 Å². The Hall–Kier alpha value is -2.06. The van der Waals surface area contributed by atoms with E-state index in [4.69, 9.17) is 0 Å². The number of carbonyl (C=O) groups excluding carboxylic acids is 2. The summed E-state index contributed by atoms with van der Waals surface area (Å²) >= 11 is 0. The average Bonchev–Trinajstić information content (AvgIpc) is 2.48. The zero-order chi connectivity index (χ0) is 18.5. The number of Topliss-reactive ketones (excluding diaryl/α,β-unsaturated/α-hetero) is 1. The van der Waals surface area contributed by atoms with E-state index in [0.717, 1.165) is 7.11 Å². The van der Waals surface area contributed by atoms with Gasteiger partial charge in [0.15, 0.2) is 5.78 Å². The predicted octanol–water partition coefficient (Wildman–Crippen LogP) is 4.64. The molecule has 9 heteroatoms. The molecule has 0 bridgehead atoms. The third-order valence-corrected chi connectivity index (χ3v) is 3.22. The number of carbonyl (C=O) groups is 2. The first-order chi connectivity index (χ1) is 11.0. The van der Waals surface area contributed by atoms with E-state index in [-0.39, 0.29) is 37.5 Å². The van der Waals surface area contributed by atoms with E-state index in [1.807, 2.05) is 0 Å². The van der Waals surface area contributed by atoms with Crippen LogP contribution in [0.25, 0.3) is 0 Å². The molecule has 0 unspecified atom stereocenters. The highest BCUT2D eigenvalue weighted by molar-refractivity contribution is 5.97. The molecule has 1 aromatic rings. The molecule has 0 aliphatic carbocycles. The van der Waals surface area contributed by atoms with Crippen LogP contribution >= 0.6 is 0 Å². The van der Waals surface area contributed by atoms with Gasteiger partial charge in [-0.1, -0.05) is 0 Å². The third kappa shape index (κ3) is 5.54. The predicted molar refractivity (Wildman–Crippen MR) is 71.3 cm³/mol. The van der Waals surface area contributed by atoms with Crippen LogP contribution in [0.1, 0.15) is 47.2 Å².